The molecule has 0 aliphatic heterocycles. The highest BCUT2D eigenvalue weighted by molar-refractivity contribution is 5.75. The average molecular weight is 323 g/mol. The monoisotopic (exact) mass is 323 g/mol. The molecule has 122 valence electrons. The predicted octanol–water partition coefficient (Wildman–Crippen LogP) is 3.72. The van der Waals surface area contributed by atoms with Crippen LogP contribution in [0.15, 0.2) is 48.5 Å². The summed E-state index contributed by atoms with van der Waals surface area (Å²) in [5, 5.41) is 0. The minimum absolute atomic E-state index is 0.109. The maximum absolute atomic E-state index is 13.0. The fourth-order valence-corrected chi connectivity index (χ4v) is 2.48. The van der Waals surface area contributed by atoms with Gasteiger partial charge >= 0.3 is 6.18 Å². The minimum atomic E-state index is -4.48. The fraction of sp³-hybridized carbons (Fsp3) is 0.235. The quantitative estimate of drug-likeness (QED) is 0.912. The Hall–Kier alpha value is -2.50. The van der Waals surface area contributed by atoms with Crippen LogP contribution < -0.4 is 10.5 Å². The van der Waals surface area contributed by atoms with Gasteiger partial charge in [0, 0.05) is 17.9 Å². The van der Waals surface area contributed by atoms with Crippen LogP contribution in [-0.4, -0.2) is 13.0 Å². The number of hydrogen-bond acceptors (Lipinski definition) is 2. The number of ether oxygens (including phenoxy) is 1. The smallest absolute Gasteiger partial charge is 0.416 e. The SMILES string of the molecule is COc1ccc(C(F)(F)F)cc1C(CC(N)=O)c1ccccc1. The number of alkyl halides is 3. The maximum Gasteiger partial charge on any atom is 0.416 e. The molecule has 0 spiro atoms. The molecule has 0 heterocycles. The summed E-state index contributed by atoms with van der Waals surface area (Å²) in [6.07, 6.45) is -4.59. The number of carbonyl (C=O) groups is 1. The van der Waals surface area contributed by atoms with Crippen LogP contribution >= 0.6 is 0 Å². The second-order valence-corrected chi connectivity index (χ2v) is 5.09. The normalized spacial score (nSPS) is 12.7. The summed E-state index contributed by atoms with van der Waals surface area (Å²) in [5.74, 6) is -0.919. The van der Waals surface area contributed by atoms with Crippen LogP contribution in [0, 0.1) is 0 Å². The van der Waals surface area contributed by atoms with Gasteiger partial charge in [0.1, 0.15) is 5.75 Å². The zero-order valence-electron chi connectivity index (χ0n) is 12.4. The minimum Gasteiger partial charge on any atom is -0.496 e. The Morgan fingerprint density at radius 3 is 2.35 bits per heavy atom. The van der Waals surface area contributed by atoms with Crippen molar-refractivity contribution in [3.05, 3.63) is 65.2 Å². The zero-order valence-corrected chi connectivity index (χ0v) is 12.4. The number of benzene rings is 2. The van der Waals surface area contributed by atoms with Crippen molar-refractivity contribution >= 4 is 5.91 Å². The maximum atomic E-state index is 13.0. The lowest BCUT2D eigenvalue weighted by Gasteiger charge is -2.21. The van der Waals surface area contributed by atoms with Gasteiger partial charge in [-0.15, -0.1) is 0 Å². The van der Waals surface area contributed by atoms with Gasteiger partial charge < -0.3 is 10.5 Å². The van der Waals surface area contributed by atoms with E-state index >= 15 is 0 Å². The van der Waals surface area contributed by atoms with E-state index in [9.17, 15) is 18.0 Å². The largest absolute Gasteiger partial charge is 0.496 e. The van der Waals surface area contributed by atoms with Crippen LogP contribution in [0.3, 0.4) is 0 Å². The van der Waals surface area contributed by atoms with Gasteiger partial charge in [-0.3, -0.25) is 4.79 Å². The van der Waals surface area contributed by atoms with Crippen molar-refractivity contribution in [2.24, 2.45) is 5.73 Å². The van der Waals surface area contributed by atoms with Crippen molar-refractivity contribution in [1.82, 2.24) is 0 Å². The number of hydrogen-bond donors (Lipinski definition) is 1. The summed E-state index contributed by atoms with van der Waals surface area (Å²) in [4.78, 5) is 11.4. The number of primary amides is 1. The molecule has 0 fully saturated rings. The molecular formula is C17H16F3NO2. The first kappa shape index (κ1) is 16.9. The Balaban J connectivity index is 2.59. The van der Waals surface area contributed by atoms with E-state index in [0.717, 1.165) is 12.1 Å². The summed E-state index contributed by atoms with van der Waals surface area (Å²) in [6, 6.07) is 12.0. The first-order valence-electron chi connectivity index (χ1n) is 6.91. The summed E-state index contributed by atoms with van der Waals surface area (Å²) in [5.41, 5.74) is 5.47. The molecule has 0 saturated carbocycles. The molecule has 0 bridgehead atoms. The molecule has 0 saturated heterocycles. The number of carbonyl (C=O) groups excluding carboxylic acids is 1. The van der Waals surface area contributed by atoms with Crippen molar-refractivity contribution in [3.8, 4) is 5.75 Å². The zero-order chi connectivity index (χ0) is 17.0. The van der Waals surface area contributed by atoms with E-state index in [1.807, 2.05) is 0 Å². The lowest BCUT2D eigenvalue weighted by Crippen LogP contribution is -2.17. The van der Waals surface area contributed by atoms with E-state index in [0.29, 0.717) is 5.56 Å². The molecule has 0 radical (unpaired) electrons. The van der Waals surface area contributed by atoms with E-state index < -0.39 is 23.6 Å². The molecule has 1 amide bonds. The number of nitrogens with two attached hydrogens (primary N) is 1. The molecule has 2 rings (SSSR count). The van der Waals surface area contributed by atoms with E-state index in [2.05, 4.69) is 0 Å². The third-order valence-corrected chi connectivity index (χ3v) is 3.54. The third kappa shape index (κ3) is 4.03. The predicted molar refractivity (Wildman–Crippen MR) is 80.1 cm³/mol. The Labute approximate surface area is 131 Å². The van der Waals surface area contributed by atoms with Gasteiger partial charge in [-0.25, -0.2) is 0 Å². The summed E-state index contributed by atoms with van der Waals surface area (Å²) < 4.78 is 44.2. The van der Waals surface area contributed by atoms with Crippen LogP contribution in [0.2, 0.25) is 0 Å². The van der Waals surface area contributed by atoms with Gasteiger partial charge in [-0.1, -0.05) is 30.3 Å². The van der Waals surface area contributed by atoms with Crippen molar-refractivity contribution < 1.29 is 22.7 Å². The second-order valence-electron chi connectivity index (χ2n) is 5.09. The molecule has 0 aliphatic carbocycles. The summed E-state index contributed by atoms with van der Waals surface area (Å²) in [6.45, 7) is 0. The van der Waals surface area contributed by atoms with E-state index in [-0.39, 0.29) is 17.7 Å². The molecule has 2 aromatic carbocycles. The lowest BCUT2D eigenvalue weighted by molar-refractivity contribution is -0.137. The molecule has 3 nitrogen and oxygen atoms in total. The highest BCUT2D eigenvalue weighted by atomic mass is 19.4. The highest BCUT2D eigenvalue weighted by Gasteiger charge is 2.32. The van der Waals surface area contributed by atoms with Gasteiger partial charge in [0.15, 0.2) is 0 Å². The van der Waals surface area contributed by atoms with E-state index in [1.165, 1.54) is 13.2 Å². The topological polar surface area (TPSA) is 52.3 Å². The van der Waals surface area contributed by atoms with Gasteiger partial charge in [-0.05, 0) is 23.8 Å². The molecule has 2 N–H and O–H groups in total. The van der Waals surface area contributed by atoms with Crippen LogP contribution in [-0.2, 0) is 11.0 Å². The highest BCUT2D eigenvalue weighted by Crippen LogP contribution is 2.38. The molecule has 6 heteroatoms. The average Bonchev–Trinajstić information content (AvgIpc) is 2.52. The van der Waals surface area contributed by atoms with Crippen LogP contribution in [0.25, 0.3) is 0 Å². The van der Waals surface area contributed by atoms with Crippen molar-refractivity contribution in [2.75, 3.05) is 7.11 Å². The molecule has 0 aromatic heterocycles. The molecular weight excluding hydrogens is 307 g/mol. The first-order valence-corrected chi connectivity index (χ1v) is 6.91. The fourth-order valence-electron chi connectivity index (χ4n) is 2.48. The number of halogens is 3. The van der Waals surface area contributed by atoms with Crippen LogP contribution in [0.4, 0.5) is 13.2 Å². The number of rotatable bonds is 5. The third-order valence-electron chi connectivity index (χ3n) is 3.54. The standard InChI is InChI=1S/C17H16F3NO2/c1-23-15-8-7-12(17(18,19)20)9-14(15)13(10-16(21)22)11-5-3-2-4-6-11/h2-9,13H,10H2,1H3,(H2,21,22). The Bertz CT molecular complexity index is 684. The molecule has 0 aliphatic rings. The molecule has 2 aromatic rings. The number of methoxy groups -OCH3 is 1. The van der Waals surface area contributed by atoms with Gasteiger partial charge in [0.05, 0.1) is 12.7 Å². The van der Waals surface area contributed by atoms with E-state index in [4.69, 9.17) is 10.5 Å². The van der Waals surface area contributed by atoms with Crippen LogP contribution in [0.5, 0.6) is 5.75 Å². The molecule has 1 atom stereocenters. The second kappa shape index (κ2) is 6.73. The number of amides is 1. The van der Waals surface area contributed by atoms with Gasteiger partial charge in [-0.2, -0.15) is 13.2 Å². The Morgan fingerprint density at radius 1 is 1.17 bits per heavy atom. The lowest BCUT2D eigenvalue weighted by atomic mass is 9.86. The molecule has 23 heavy (non-hydrogen) atoms. The van der Waals surface area contributed by atoms with Crippen LogP contribution in [0.1, 0.15) is 29.0 Å². The van der Waals surface area contributed by atoms with Gasteiger partial charge in [0.25, 0.3) is 0 Å². The summed E-state index contributed by atoms with van der Waals surface area (Å²) in [7, 11) is 1.37. The Morgan fingerprint density at radius 2 is 1.83 bits per heavy atom. The van der Waals surface area contributed by atoms with Gasteiger partial charge in [0.2, 0.25) is 5.91 Å². The van der Waals surface area contributed by atoms with Crippen molar-refractivity contribution in [2.45, 2.75) is 18.5 Å². The van der Waals surface area contributed by atoms with Crippen molar-refractivity contribution in [1.29, 1.82) is 0 Å². The molecule has 1 unspecified atom stereocenters. The first-order chi connectivity index (χ1) is 10.8. The Kier molecular flexibility index (Phi) is 4.93. The van der Waals surface area contributed by atoms with Crippen molar-refractivity contribution in [3.63, 3.8) is 0 Å². The summed E-state index contributed by atoms with van der Waals surface area (Å²) >= 11 is 0. The van der Waals surface area contributed by atoms with E-state index in [1.54, 1.807) is 30.3 Å².